The van der Waals surface area contributed by atoms with Gasteiger partial charge in [-0.3, -0.25) is 9.59 Å². The molecule has 1 aliphatic rings. The first-order chi connectivity index (χ1) is 14.1. The van der Waals surface area contributed by atoms with Gasteiger partial charge in [-0.05, 0) is 67.2 Å². The average molecular weight is 442 g/mol. The normalized spacial score (nSPS) is 17.4. The number of nitrogens with zero attached hydrogens (tertiary/aromatic N) is 1. The number of rotatable bonds is 9. The maximum Gasteiger partial charge on any atom is 0.317 e. The zero-order chi connectivity index (χ0) is 23.9. The fourth-order valence-electron chi connectivity index (χ4n) is 3.79. The van der Waals surface area contributed by atoms with E-state index in [4.69, 9.17) is 15.2 Å². The van der Waals surface area contributed by atoms with Crippen molar-refractivity contribution in [3.05, 3.63) is 0 Å². The number of esters is 2. The van der Waals surface area contributed by atoms with Gasteiger partial charge in [-0.25, -0.2) is 4.79 Å². The van der Waals surface area contributed by atoms with E-state index in [1.807, 2.05) is 48.5 Å². The molecule has 31 heavy (non-hydrogen) atoms. The summed E-state index contributed by atoms with van der Waals surface area (Å²) in [4.78, 5) is 39.4. The topological polar surface area (TPSA) is 111 Å². The smallest absolute Gasteiger partial charge is 0.317 e. The van der Waals surface area contributed by atoms with E-state index in [0.29, 0.717) is 32.4 Å². The lowest BCUT2D eigenvalue weighted by atomic mass is 9.84. The summed E-state index contributed by atoms with van der Waals surface area (Å²) in [5.41, 5.74) is 4.11. The fraction of sp³-hybridized carbons (Fsp3) is 0.870. The fourth-order valence-corrected chi connectivity index (χ4v) is 3.79. The highest BCUT2D eigenvalue weighted by Gasteiger charge is 2.36. The van der Waals surface area contributed by atoms with Crippen LogP contribution in [0, 0.1) is 0 Å². The van der Waals surface area contributed by atoms with Crippen LogP contribution in [0.3, 0.4) is 0 Å². The molecule has 0 aromatic heterocycles. The Morgan fingerprint density at radius 2 is 1.42 bits per heavy atom. The van der Waals surface area contributed by atoms with E-state index >= 15 is 0 Å². The van der Waals surface area contributed by atoms with Crippen LogP contribution in [0.25, 0.3) is 0 Å². The van der Waals surface area contributed by atoms with Crippen LogP contribution in [-0.4, -0.2) is 58.7 Å². The Morgan fingerprint density at radius 1 is 0.935 bits per heavy atom. The van der Waals surface area contributed by atoms with Gasteiger partial charge < -0.3 is 25.4 Å². The Morgan fingerprint density at radius 3 is 1.77 bits per heavy atom. The van der Waals surface area contributed by atoms with Crippen molar-refractivity contribution in [1.82, 2.24) is 10.2 Å². The standard InChI is InChI=1S/C23H43N3O5/c1-8-12-23(13-9-18(27)30-21(2,3)4,14-10-19(28)31-22(5,6)7)25-20(29)26-15-11-17(24)16-26/h17H,8-16,24H2,1-7H3,(H,25,29). The van der Waals surface area contributed by atoms with E-state index in [2.05, 4.69) is 5.32 Å². The number of likely N-dealkylation sites (tertiary alicyclic amines) is 1. The van der Waals surface area contributed by atoms with E-state index in [-0.39, 0.29) is 36.9 Å². The Labute approximate surface area is 187 Å². The molecule has 0 aliphatic carbocycles. The first-order valence-corrected chi connectivity index (χ1v) is 11.4. The number of carbonyl (C=O) groups is 3. The van der Waals surface area contributed by atoms with Gasteiger partial charge in [-0.1, -0.05) is 13.3 Å². The molecular weight excluding hydrogens is 398 g/mol. The minimum Gasteiger partial charge on any atom is -0.460 e. The van der Waals surface area contributed by atoms with Crippen molar-refractivity contribution in [3.63, 3.8) is 0 Å². The van der Waals surface area contributed by atoms with Gasteiger partial charge in [0.2, 0.25) is 0 Å². The highest BCUT2D eigenvalue weighted by molar-refractivity contribution is 5.76. The minimum absolute atomic E-state index is 0.0187. The summed E-state index contributed by atoms with van der Waals surface area (Å²) in [7, 11) is 0. The molecule has 8 nitrogen and oxygen atoms in total. The van der Waals surface area contributed by atoms with Gasteiger partial charge in [-0.2, -0.15) is 0 Å². The van der Waals surface area contributed by atoms with Crippen LogP contribution in [0.15, 0.2) is 0 Å². The zero-order valence-corrected chi connectivity index (χ0v) is 20.5. The molecule has 1 unspecified atom stereocenters. The highest BCUT2D eigenvalue weighted by atomic mass is 16.6. The minimum atomic E-state index is -0.702. The maximum absolute atomic E-state index is 13.0. The molecule has 180 valence electrons. The number of hydrogen-bond donors (Lipinski definition) is 2. The number of nitrogens with two attached hydrogens (primary N) is 1. The highest BCUT2D eigenvalue weighted by Crippen LogP contribution is 2.28. The first-order valence-electron chi connectivity index (χ1n) is 11.4. The quantitative estimate of drug-likeness (QED) is 0.530. The van der Waals surface area contributed by atoms with E-state index in [0.717, 1.165) is 12.8 Å². The summed E-state index contributed by atoms with van der Waals surface area (Å²) < 4.78 is 10.9. The lowest BCUT2D eigenvalue weighted by molar-refractivity contribution is -0.155. The Kier molecular flexibility index (Phi) is 9.79. The monoisotopic (exact) mass is 441 g/mol. The third-order valence-corrected chi connectivity index (χ3v) is 5.07. The number of nitrogens with one attached hydrogen (secondary N) is 1. The largest absolute Gasteiger partial charge is 0.460 e. The summed E-state index contributed by atoms with van der Waals surface area (Å²) in [5.74, 6) is -0.634. The van der Waals surface area contributed by atoms with Gasteiger partial charge in [-0.15, -0.1) is 0 Å². The van der Waals surface area contributed by atoms with Gasteiger partial charge in [0.1, 0.15) is 11.2 Å². The Hall–Kier alpha value is -1.83. The molecule has 0 aromatic rings. The molecule has 0 saturated carbocycles. The van der Waals surface area contributed by atoms with Gasteiger partial charge in [0.05, 0.1) is 0 Å². The third kappa shape index (κ3) is 10.8. The predicted octanol–water partition coefficient (Wildman–Crippen LogP) is 3.51. The van der Waals surface area contributed by atoms with Crippen LogP contribution < -0.4 is 11.1 Å². The van der Waals surface area contributed by atoms with E-state index in [1.54, 1.807) is 4.90 Å². The molecule has 1 rings (SSSR count). The summed E-state index contributed by atoms with van der Waals surface area (Å²) in [6.45, 7) is 14.1. The van der Waals surface area contributed by atoms with Crippen LogP contribution in [-0.2, 0) is 19.1 Å². The lowest BCUT2D eigenvalue weighted by Crippen LogP contribution is -2.53. The number of carbonyl (C=O) groups excluding carboxylic acids is 3. The average Bonchev–Trinajstić information content (AvgIpc) is 3.02. The summed E-state index contributed by atoms with van der Waals surface area (Å²) in [6.07, 6.45) is 3.31. The molecule has 1 fully saturated rings. The van der Waals surface area contributed by atoms with Crippen LogP contribution in [0.4, 0.5) is 4.79 Å². The van der Waals surface area contributed by atoms with Gasteiger partial charge in [0, 0.05) is 37.5 Å². The van der Waals surface area contributed by atoms with Gasteiger partial charge in [0.25, 0.3) is 0 Å². The van der Waals surface area contributed by atoms with E-state index in [9.17, 15) is 14.4 Å². The van der Waals surface area contributed by atoms with Crippen LogP contribution in [0.2, 0.25) is 0 Å². The molecule has 8 heteroatoms. The SMILES string of the molecule is CCCC(CCC(=O)OC(C)(C)C)(CCC(=O)OC(C)(C)C)NC(=O)N1CCC(N)C1. The van der Waals surface area contributed by atoms with Crippen molar-refractivity contribution >= 4 is 18.0 Å². The molecular formula is C23H43N3O5. The molecule has 0 bridgehead atoms. The second kappa shape index (κ2) is 11.2. The number of amides is 2. The molecule has 1 saturated heterocycles. The van der Waals surface area contributed by atoms with Crippen molar-refractivity contribution in [2.45, 2.75) is 116 Å². The second-order valence-corrected chi connectivity index (χ2v) is 10.6. The molecule has 3 N–H and O–H groups in total. The van der Waals surface area contributed by atoms with Crippen molar-refractivity contribution in [2.24, 2.45) is 5.73 Å². The van der Waals surface area contributed by atoms with Crippen LogP contribution in [0.1, 0.15) is 93.4 Å². The molecule has 1 heterocycles. The molecule has 2 amide bonds. The summed E-state index contributed by atoms with van der Waals surface area (Å²) in [6, 6.07) is -0.218. The molecule has 1 atom stereocenters. The summed E-state index contributed by atoms with van der Waals surface area (Å²) >= 11 is 0. The summed E-state index contributed by atoms with van der Waals surface area (Å²) in [5, 5.41) is 3.15. The number of ether oxygens (including phenoxy) is 2. The molecule has 1 aliphatic heterocycles. The van der Waals surface area contributed by atoms with Crippen molar-refractivity contribution in [1.29, 1.82) is 0 Å². The van der Waals surface area contributed by atoms with Crippen molar-refractivity contribution in [2.75, 3.05) is 13.1 Å². The van der Waals surface area contributed by atoms with Crippen LogP contribution in [0.5, 0.6) is 0 Å². The zero-order valence-electron chi connectivity index (χ0n) is 20.5. The van der Waals surface area contributed by atoms with E-state index in [1.165, 1.54) is 0 Å². The molecule has 0 aromatic carbocycles. The number of urea groups is 1. The molecule has 0 radical (unpaired) electrons. The van der Waals surface area contributed by atoms with Gasteiger partial charge >= 0.3 is 18.0 Å². The molecule has 0 spiro atoms. The Balaban J connectivity index is 2.94. The van der Waals surface area contributed by atoms with Crippen molar-refractivity contribution < 1.29 is 23.9 Å². The van der Waals surface area contributed by atoms with Gasteiger partial charge in [0.15, 0.2) is 0 Å². The van der Waals surface area contributed by atoms with Crippen LogP contribution >= 0.6 is 0 Å². The second-order valence-electron chi connectivity index (χ2n) is 10.6. The predicted molar refractivity (Wildman–Crippen MR) is 120 cm³/mol. The lowest BCUT2D eigenvalue weighted by Gasteiger charge is -2.36. The maximum atomic E-state index is 13.0. The van der Waals surface area contributed by atoms with E-state index < -0.39 is 16.7 Å². The number of hydrogen-bond acceptors (Lipinski definition) is 6. The third-order valence-electron chi connectivity index (χ3n) is 5.07. The van der Waals surface area contributed by atoms with Crippen molar-refractivity contribution in [3.8, 4) is 0 Å². The Bertz CT molecular complexity index is 590. The first kappa shape index (κ1) is 27.2.